The summed E-state index contributed by atoms with van der Waals surface area (Å²) >= 11 is 0. The van der Waals surface area contributed by atoms with E-state index in [-0.39, 0.29) is 5.91 Å². The van der Waals surface area contributed by atoms with Crippen LogP contribution in [0.2, 0.25) is 0 Å². The number of hydrogen-bond acceptors (Lipinski definition) is 4. The van der Waals surface area contributed by atoms with E-state index in [1.807, 2.05) is 12.3 Å². The molecule has 0 bridgehead atoms. The summed E-state index contributed by atoms with van der Waals surface area (Å²) in [6, 6.07) is 6.08. The number of nitrogens with one attached hydrogen (secondary N) is 2. The molecule has 1 amide bonds. The average molecular weight is 299 g/mol. The largest absolute Gasteiger partial charge is 0.364 e. The maximum atomic E-state index is 11.8. The fourth-order valence-corrected chi connectivity index (χ4v) is 2.88. The van der Waals surface area contributed by atoms with Crippen LogP contribution < -0.4 is 10.6 Å². The third-order valence-electron chi connectivity index (χ3n) is 4.08. The molecule has 2 heterocycles. The minimum absolute atomic E-state index is 0.146. The van der Waals surface area contributed by atoms with Gasteiger partial charge in [-0.15, -0.1) is 0 Å². The van der Waals surface area contributed by atoms with Crippen LogP contribution in [-0.4, -0.2) is 27.7 Å². The number of nitrogens with zero attached hydrogens (tertiary/aromatic N) is 3. The summed E-state index contributed by atoms with van der Waals surface area (Å²) in [6.07, 6.45) is 8.74. The molecule has 1 aliphatic rings. The third kappa shape index (κ3) is 3.10. The number of carbonyl (C=O) groups is 1. The van der Waals surface area contributed by atoms with Crippen molar-refractivity contribution in [3.05, 3.63) is 41.9 Å². The summed E-state index contributed by atoms with van der Waals surface area (Å²) in [5, 5.41) is 10.5. The molecule has 0 aromatic carbocycles. The van der Waals surface area contributed by atoms with Crippen molar-refractivity contribution in [2.75, 3.05) is 12.4 Å². The van der Waals surface area contributed by atoms with E-state index >= 15 is 0 Å². The molecule has 2 N–H and O–H groups in total. The first-order chi connectivity index (χ1) is 10.8. The molecule has 116 valence electrons. The van der Waals surface area contributed by atoms with Crippen molar-refractivity contribution in [3.8, 4) is 0 Å². The smallest absolute Gasteiger partial charge is 0.254 e. The van der Waals surface area contributed by atoms with Gasteiger partial charge in [0.1, 0.15) is 5.82 Å². The SMILES string of the molecule is CNC(=O)c1cccnc1NCc1ccn(C2CCCC2)n1. The number of anilines is 1. The van der Waals surface area contributed by atoms with Crippen LogP contribution in [0, 0.1) is 0 Å². The molecule has 1 saturated carbocycles. The highest BCUT2D eigenvalue weighted by Crippen LogP contribution is 2.28. The maximum Gasteiger partial charge on any atom is 0.254 e. The van der Waals surface area contributed by atoms with Gasteiger partial charge in [0.2, 0.25) is 0 Å². The Bertz CT molecular complexity index is 645. The molecular weight excluding hydrogens is 278 g/mol. The lowest BCUT2D eigenvalue weighted by molar-refractivity contribution is 0.0963. The van der Waals surface area contributed by atoms with Crippen molar-refractivity contribution in [2.45, 2.75) is 38.3 Å². The predicted molar refractivity (Wildman–Crippen MR) is 84.7 cm³/mol. The zero-order valence-electron chi connectivity index (χ0n) is 12.7. The molecule has 6 heteroatoms. The van der Waals surface area contributed by atoms with Gasteiger partial charge in [0.15, 0.2) is 0 Å². The van der Waals surface area contributed by atoms with Crippen LogP contribution >= 0.6 is 0 Å². The van der Waals surface area contributed by atoms with Crippen LogP contribution in [0.1, 0.15) is 47.8 Å². The van der Waals surface area contributed by atoms with Gasteiger partial charge in [-0.1, -0.05) is 12.8 Å². The molecule has 22 heavy (non-hydrogen) atoms. The Morgan fingerprint density at radius 3 is 2.95 bits per heavy atom. The number of rotatable bonds is 5. The maximum absolute atomic E-state index is 11.8. The molecule has 1 fully saturated rings. The van der Waals surface area contributed by atoms with E-state index in [9.17, 15) is 4.79 Å². The first-order valence-corrected chi connectivity index (χ1v) is 7.73. The van der Waals surface area contributed by atoms with Gasteiger partial charge in [-0.3, -0.25) is 9.48 Å². The fourth-order valence-electron chi connectivity index (χ4n) is 2.88. The van der Waals surface area contributed by atoms with Crippen molar-refractivity contribution in [3.63, 3.8) is 0 Å². The minimum Gasteiger partial charge on any atom is -0.364 e. The molecular formula is C16H21N5O. The summed E-state index contributed by atoms with van der Waals surface area (Å²) in [7, 11) is 1.61. The van der Waals surface area contributed by atoms with Crippen LogP contribution in [0.3, 0.4) is 0 Å². The van der Waals surface area contributed by atoms with Crippen molar-refractivity contribution >= 4 is 11.7 Å². The molecule has 0 spiro atoms. The summed E-state index contributed by atoms with van der Waals surface area (Å²) in [5.74, 6) is 0.435. The lowest BCUT2D eigenvalue weighted by atomic mass is 10.2. The van der Waals surface area contributed by atoms with Crippen molar-refractivity contribution in [1.29, 1.82) is 0 Å². The molecule has 1 aliphatic carbocycles. The van der Waals surface area contributed by atoms with E-state index in [4.69, 9.17) is 0 Å². The van der Waals surface area contributed by atoms with Gasteiger partial charge in [0.05, 0.1) is 23.8 Å². The van der Waals surface area contributed by atoms with E-state index in [0.717, 1.165) is 5.69 Å². The van der Waals surface area contributed by atoms with Gasteiger partial charge in [-0.25, -0.2) is 4.98 Å². The minimum atomic E-state index is -0.146. The van der Waals surface area contributed by atoms with Gasteiger partial charge in [-0.2, -0.15) is 5.10 Å². The number of aromatic nitrogens is 3. The monoisotopic (exact) mass is 299 g/mol. The van der Waals surface area contributed by atoms with Gasteiger partial charge in [0, 0.05) is 19.4 Å². The second-order valence-corrected chi connectivity index (χ2v) is 5.56. The van der Waals surface area contributed by atoms with Crippen LogP contribution in [0.25, 0.3) is 0 Å². The number of amides is 1. The third-order valence-corrected chi connectivity index (χ3v) is 4.08. The van der Waals surface area contributed by atoms with Gasteiger partial charge in [0.25, 0.3) is 5.91 Å². The van der Waals surface area contributed by atoms with Crippen molar-refractivity contribution < 1.29 is 4.79 Å². The molecule has 2 aromatic rings. The predicted octanol–water partition coefficient (Wildman–Crippen LogP) is 2.36. The zero-order valence-corrected chi connectivity index (χ0v) is 12.7. The molecule has 6 nitrogen and oxygen atoms in total. The van der Waals surface area contributed by atoms with E-state index in [1.165, 1.54) is 25.7 Å². The Morgan fingerprint density at radius 2 is 2.18 bits per heavy atom. The second kappa shape index (κ2) is 6.60. The average Bonchev–Trinajstić information content (AvgIpc) is 3.23. The zero-order chi connectivity index (χ0) is 15.4. The van der Waals surface area contributed by atoms with E-state index in [2.05, 4.69) is 25.4 Å². The van der Waals surface area contributed by atoms with E-state index < -0.39 is 0 Å². The van der Waals surface area contributed by atoms with Gasteiger partial charge >= 0.3 is 0 Å². The van der Waals surface area contributed by atoms with Gasteiger partial charge in [-0.05, 0) is 31.0 Å². The number of pyridine rings is 1. The van der Waals surface area contributed by atoms with E-state index in [1.54, 1.807) is 25.4 Å². The molecule has 3 rings (SSSR count). The summed E-state index contributed by atoms with van der Waals surface area (Å²) in [4.78, 5) is 16.1. The Morgan fingerprint density at radius 1 is 1.36 bits per heavy atom. The standard InChI is InChI=1S/C16H21N5O/c1-17-16(22)14-7-4-9-18-15(14)19-11-12-8-10-21(20-12)13-5-2-3-6-13/h4,7-10,13H,2-3,5-6,11H2,1H3,(H,17,22)(H,18,19). The highest BCUT2D eigenvalue weighted by molar-refractivity contribution is 5.98. The second-order valence-electron chi connectivity index (χ2n) is 5.56. The van der Waals surface area contributed by atoms with Crippen LogP contribution in [0.4, 0.5) is 5.82 Å². The van der Waals surface area contributed by atoms with Crippen LogP contribution in [-0.2, 0) is 6.54 Å². The molecule has 2 aromatic heterocycles. The molecule has 0 radical (unpaired) electrons. The Balaban J connectivity index is 1.66. The molecule has 0 unspecified atom stereocenters. The first-order valence-electron chi connectivity index (χ1n) is 7.73. The Labute approximate surface area is 129 Å². The number of carbonyl (C=O) groups excluding carboxylic acids is 1. The first kappa shape index (κ1) is 14.6. The van der Waals surface area contributed by atoms with Crippen LogP contribution in [0.5, 0.6) is 0 Å². The molecule has 0 aliphatic heterocycles. The lowest BCUT2D eigenvalue weighted by Gasteiger charge is -2.10. The lowest BCUT2D eigenvalue weighted by Crippen LogP contribution is -2.20. The van der Waals surface area contributed by atoms with E-state index in [0.29, 0.717) is 24.0 Å². The topological polar surface area (TPSA) is 71.8 Å². The highest BCUT2D eigenvalue weighted by atomic mass is 16.1. The summed E-state index contributed by atoms with van der Waals surface area (Å²) in [5.41, 5.74) is 1.50. The summed E-state index contributed by atoms with van der Waals surface area (Å²) < 4.78 is 2.07. The molecule has 0 atom stereocenters. The van der Waals surface area contributed by atoms with Crippen molar-refractivity contribution in [1.82, 2.24) is 20.1 Å². The Kier molecular flexibility index (Phi) is 4.37. The summed E-state index contributed by atoms with van der Waals surface area (Å²) in [6.45, 7) is 0.556. The van der Waals surface area contributed by atoms with Gasteiger partial charge < -0.3 is 10.6 Å². The quantitative estimate of drug-likeness (QED) is 0.889. The van der Waals surface area contributed by atoms with Crippen molar-refractivity contribution in [2.24, 2.45) is 0 Å². The fraction of sp³-hybridized carbons (Fsp3) is 0.438. The Hall–Kier alpha value is -2.37. The normalized spacial score (nSPS) is 15.0. The number of hydrogen-bond donors (Lipinski definition) is 2. The highest BCUT2D eigenvalue weighted by Gasteiger charge is 2.17. The van der Waals surface area contributed by atoms with Crippen LogP contribution in [0.15, 0.2) is 30.6 Å². The molecule has 0 saturated heterocycles.